The van der Waals surface area contributed by atoms with Gasteiger partial charge in [-0.2, -0.15) is 0 Å². The van der Waals surface area contributed by atoms with E-state index in [0.717, 1.165) is 122 Å². The van der Waals surface area contributed by atoms with Gasteiger partial charge in [0, 0.05) is 19.3 Å². The Labute approximate surface area is 445 Å². The Kier molecular flexibility index (Phi) is 56.8. The fourth-order valence-corrected chi connectivity index (χ4v) is 8.25. The van der Waals surface area contributed by atoms with E-state index in [1.807, 2.05) is 0 Å². The summed E-state index contributed by atoms with van der Waals surface area (Å²) >= 11 is 0. The van der Waals surface area contributed by atoms with E-state index in [9.17, 15) is 14.4 Å². The van der Waals surface area contributed by atoms with Gasteiger partial charge >= 0.3 is 17.9 Å². The van der Waals surface area contributed by atoms with Crippen LogP contribution in [0.5, 0.6) is 0 Å². The monoisotopic (exact) mass is 1000 g/mol. The maximum Gasteiger partial charge on any atom is 0.306 e. The lowest BCUT2D eigenvalue weighted by atomic mass is 10.1. The Morgan fingerprint density at radius 1 is 0.292 bits per heavy atom. The van der Waals surface area contributed by atoms with E-state index in [2.05, 4.69) is 118 Å². The van der Waals surface area contributed by atoms with Crippen LogP contribution < -0.4 is 0 Å². The summed E-state index contributed by atoms with van der Waals surface area (Å²) in [5.74, 6) is -0.908. The van der Waals surface area contributed by atoms with Gasteiger partial charge in [-0.3, -0.25) is 14.4 Å². The Morgan fingerprint density at radius 2 is 0.556 bits per heavy atom. The van der Waals surface area contributed by atoms with E-state index in [1.165, 1.54) is 122 Å². The highest BCUT2D eigenvalue weighted by Gasteiger charge is 2.19. The first-order valence-electron chi connectivity index (χ1n) is 30.2. The smallest absolute Gasteiger partial charge is 0.306 e. The normalized spacial score (nSPS) is 12.8. The highest BCUT2D eigenvalue weighted by Crippen LogP contribution is 2.15. The summed E-state index contributed by atoms with van der Waals surface area (Å²) in [4.78, 5) is 38.3. The molecule has 0 radical (unpaired) electrons. The van der Waals surface area contributed by atoms with Gasteiger partial charge in [-0.1, -0.05) is 246 Å². The lowest BCUT2D eigenvalue weighted by molar-refractivity contribution is -0.167. The molecule has 0 rings (SSSR count). The van der Waals surface area contributed by atoms with Crippen molar-refractivity contribution in [3.8, 4) is 0 Å². The zero-order valence-corrected chi connectivity index (χ0v) is 47.2. The molecular weight excluding hydrogens is 889 g/mol. The minimum atomic E-state index is -0.791. The van der Waals surface area contributed by atoms with Crippen molar-refractivity contribution in [3.63, 3.8) is 0 Å². The molecule has 0 aliphatic rings. The van der Waals surface area contributed by atoms with Crippen molar-refractivity contribution in [3.05, 3.63) is 97.2 Å². The molecule has 0 aromatic rings. The van der Waals surface area contributed by atoms with Gasteiger partial charge in [-0.15, -0.1) is 0 Å². The average molecular weight is 1000 g/mol. The van der Waals surface area contributed by atoms with Crippen LogP contribution in [-0.2, 0) is 28.6 Å². The van der Waals surface area contributed by atoms with Crippen LogP contribution in [0.3, 0.4) is 0 Å². The zero-order valence-electron chi connectivity index (χ0n) is 47.2. The number of esters is 3. The number of allylic oxidation sites excluding steroid dienone is 16. The highest BCUT2D eigenvalue weighted by atomic mass is 16.6. The first-order chi connectivity index (χ1) is 35.5. The summed E-state index contributed by atoms with van der Waals surface area (Å²) in [7, 11) is 0. The molecule has 0 amide bonds. The Hall–Kier alpha value is -3.67. The number of rotatable bonds is 54. The molecule has 1 atom stereocenters. The summed E-state index contributed by atoms with van der Waals surface area (Å²) < 4.78 is 16.9. The maximum atomic E-state index is 12.9. The summed E-state index contributed by atoms with van der Waals surface area (Å²) in [6.45, 7) is 6.46. The van der Waals surface area contributed by atoms with Gasteiger partial charge in [0.15, 0.2) is 6.10 Å². The molecule has 0 N–H and O–H groups in total. The first-order valence-corrected chi connectivity index (χ1v) is 30.2. The molecule has 0 saturated heterocycles. The molecule has 0 saturated carbocycles. The van der Waals surface area contributed by atoms with E-state index >= 15 is 0 Å². The van der Waals surface area contributed by atoms with Crippen molar-refractivity contribution < 1.29 is 28.6 Å². The molecule has 72 heavy (non-hydrogen) atoms. The highest BCUT2D eigenvalue weighted by molar-refractivity contribution is 5.71. The lowest BCUT2D eigenvalue weighted by Crippen LogP contribution is -2.30. The van der Waals surface area contributed by atoms with Gasteiger partial charge in [0.1, 0.15) is 13.2 Å². The molecule has 0 heterocycles. The van der Waals surface area contributed by atoms with Crippen LogP contribution in [0.1, 0.15) is 284 Å². The standard InChI is InChI=1S/C66H112O6/c1-4-7-10-13-16-19-22-25-28-30-32-33-35-36-38-41-44-47-50-53-56-59-65(68)71-62-63(61-70-64(67)58-55-52-49-46-43-40-27-24-21-18-15-12-9-6-3)72-66(69)60-57-54-51-48-45-42-39-37-34-31-29-26-23-20-17-14-11-8-5-2/h7,10,15-20,24-29,32-33,63H,4-6,8-9,11-14,21-23,30-31,34-62H2,1-3H3/b10-7-,18-15-,19-16-,20-17-,27-24-,28-25-,29-26-,33-32-. The molecule has 6 nitrogen and oxygen atoms in total. The largest absolute Gasteiger partial charge is 0.462 e. The number of unbranched alkanes of at least 4 members (excludes halogenated alkanes) is 27. The molecule has 0 aliphatic heterocycles. The molecule has 0 aliphatic carbocycles. The van der Waals surface area contributed by atoms with E-state index in [1.54, 1.807) is 0 Å². The molecular formula is C66H112O6. The fourth-order valence-electron chi connectivity index (χ4n) is 8.25. The van der Waals surface area contributed by atoms with Crippen molar-refractivity contribution in [2.75, 3.05) is 13.2 Å². The van der Waals surface area contributed by atoms with Crippen LogP contribution in [0.25, 0.3) is 0 Å². The van der Waals surface area contributed by atoms with E-state index in [0.29, 0.717) is 19.3 Å². The van der Waals surface area contributed by atoms with Crippen LogP contribution >= 0.6 is 0 Å². The van der Waals surface area contributed by atoms with Crippen molar-refractivity contribution in [2.45, 2.75) is 290 Å². The van der Waals surface area contributed by atoms with Crippen LogP contribution in [0, 0.1) is 0 Å². The number of hydrogen-bond donors (Lipinski definition) is 0. The van der Waals surface area contributed by atoms with E-state index in [4.69, 9.17) is 14.2 Å². The topological polar surface area (TPSA) is 78.9 Å². The van der Waals surface area contributed by atoms with Crippen LogP contribution in [0.4, 0.5) is 0 Å². The number of ether oxygens (including phenoxy) is 3. The van der Waals surface area contributed by atoms with E-state index in [-0.39, 0.29) is 31.1 Å². The third kappa shape index (κ3) is 57.2. The van der Waals surface area contributed by atoms with Gasteiger partial charge in [-0.25, -0.2) is 0 Å². The second-order valence-corrected chi connectivity index (χ2v) is 19.9. The lowest BCUT2D eigenvalue weighted by Gasteiger charge is -2.18. The Morgan fingerprint density at radius 3 is 0.889 bits per heavy atom. The van der Waals surface area contributed by atoms with Crippen molar-refractivity contribution in [1.82, 2.24) is 0 Å². The molecule has 0 aromatic carbocycles. The van der Waals surface area contributed by atoms with Gasteiger partial charge in [0.2, 0.25) is 0 Å². The van der Waals surface area contributed by atoms with Crippen molar-refractivity contribution in [2.24, 2.45) is 0 Å². The van der Waals surface area contributed by atoms with Crippen LogP contribution in [0.15, 0.2) is 97.2 Å². The second-order valence-electron chi connectivity index (χ2n) is 19.9. The minimum absolute atomic E-state index is 0.0881. The first kappa shape index (κ1) is 68.3. The molecule has 1 unspecified atom stereocenters. The van der Waals surface area contributed by atoms with Crippen LogP contribution in [-0.4, -0.2) is 37.2 Å². The third-order valence-electron chi connectivity index (χ3n) is 12.8. The quantitative estimate of drug-likeness (QED) is 0.0261. The fraction of sp³-hybridized carbons (Fsp3) is 0.712. The molecule has 0 aromatic heterocycles. The van der Waals surface area contributed by atoms with Crippen LogP contribution in [0.2, 0.25) is 0 Å². The predicted octanol–water partition coefficient (Wildman–Crippen LogP) is 20.5. The molecule has 412 valence electrons. The average Bonchev–Trinajstić information content (AvgIpc) is 3.38. The second kappa shape index (κ2) is 59.9. The van der Waals surface area contributed by atoms with Gasteiger partial charge in [0.05, 0.1) is 0 Å². The van der Waals surface area contributed by atoms with E-state index < -0.39 is 6.10 Å². The third-order valence-corrected chi connectivity index (χ3v) is 12.8. The number of carbonyl (C=O) groups is 3. The van der Waals surface area contributed by atoms with Gasteiger partial charge in [0.25, 0.3) is 0 Å². The van der Waals surface area contributed by atoms with Gasteiger partial charge < -0.3 is 14.2 Å². The van der Waals surface area contributed by atoms with Crippen molar-refractivity contribution >= 4 is 17.9 Å². The molecule has 6 heteroatoms. The summed E-state index contributed by atoms with van der Waals surface area (Å²) in [6, 6.07) is 0. The summed E-state index contributed by atoms with van der Waals surface area (Å²) in [5, 5.41) is 0. The van der Waals surface area contributed by atoms with Crippen molar-refractivity contribution in [1.29, 1.82) is 0 Å². The molecule has 0 fully saturated rings. The molecule has 0 spiro atoms. The number of carbonyl (C=O) groups excluding carboxylic acids is 3. The number of hydrogen-bond acceptors (Lipinski definition) is 6. The Balaban J connectivity index is 4.40. The summed E-state index contributed by atoms with van der Waals surface area (Å²) in [6.07, 6.45) is 79.6. The molecule has 0 bridgehead atoms. The predicted molar refractivity (Wildman–Crippen MR) is 311 cm³/mol. The SMILES string of the molecule is CC/C=C\C/C=C\C/C=C\C/C=C\CCCCCCCCCCC(=O)OCC(COC(=O)CCCCCCC/C=C\C/C=C\CCCC)OC(=O)CCCCCCCCCCC/C=C\C/C=C\CCCCC. The van der Waals surface area contributed by atoms with Gasteiger partial charge in [-0.05, 0) is 116 Å². The Bertz CT molecular complexity index is 1430. The summed E-state index contributed by atoms with van der Waals surface area (Å²) in [5.41, 5.74) is 0. The zero-order chi connectivity index (χ0) is 52.2. The minimum Gasteiger partial charge on any atom is -0.462 e. The maximum absolute atomic E-state index is 12.9.